The average molecular weight is 278 g/mol. The van der Waals surface area contributed by atoms with Crippen LogP contribution in [0.1, 0.15) is 16.8 Å². The summed E-state index contributed by atoms with van der Waals surface area (Å²) in [5.74, 6) is -0.770. The van der Waals surface area contributed by atoms with E-state index in [1.54, 1.807) is 7.11 Å². The first-order chi connectivity index (χ1) is 9.58. The molecule has 0 heterocycles. The van der Waals surface area contributed by atoms with Gasteiger partial charge in [0.25, 0.3) is 0 Å². The second kappa shape index (κ2) is 8.15. The molecule has 0 amide bonds. The fourth-order valence-electron chi connectivity index (χ4n) is 1.69. The number of ether oxygens (including phenoxy) is 1. The first-order valence-corrected chi connectivity index (χ1v) is 6.22. The number of carbonyl (C=O) groups is 1. The maximum Gasteiger partial charge on any atom is 0.176 e. The normalized spacial score (nSPS) is 10.4. The zero-order valence-corrected chi connectivity index (χ0v) is 11.4. The molecule has 0 unspecified atom stereocenters. The summed E-state index contributed by atoms with van der Waals surface area (Å²) in [6.45, 7) is 1.64. The van der Waals surface area contributed by atoms with Crippen molar-refractivity contribution < 1.29 is 19.7 Å². The number of methoxy groups -OCH3 is 1. The Balaban J connectivity index is 2.68. The molecule has 0 aliphatic rings. The zero-order valence-electron chi connectivity index (χ0n) is 11.4. The third-order valence-electron chi connectivity index (χ3n) is 2.82. The van der Waals surface area contributed by atoms with E-state index in [0.29, 0.717) is 31.7 Å². The van der Waals surface area contributed by atoms with Gasteiger partial charge in [-0.1, -0.05) is 0 Å². The number of nitrogens with zero attached hydrogens (tertiary/aromatic N) is 2. The summed E-state index contributed by atoms with van der Waals surface area (Å²) in [5.41, 5.74) is 0.319. The molecular weight excluding hydrogens is 260 g/mol. The van der Waals surface area contributed by atoms with Crippen LogP contribution in [0.3, 0.4) is 0 Å². The second-order valence-electron chi connectivity index (χ2n) is 4.30. The Morgan fingerprint density at radius 3 is 2.70 bits per heavy atom. The quantitative estimate of drug-likeness (QED) is 0.547. The fraction of sp³-hybridized carbons (Fsp3) is 0.429. The third-order valence-corrected chi connectivity index (χ3v) is 2.82. The smallest absolute Gasteiger partial charge is 0.176 e. The van der Waals surface area contributed by atoms with Gasteiger partial charge in [-0.25, -0.2) is 0 Å². The Labute approximate surface area is 117 Å². The van der Waals surface area contributed by atoms with Gasteiger partial charge in [0.15, 0.2) is 17.3 Å². The molecule has 0 bridgehead atoms. The molecule has 108 valence electrons. The first kappa shape index (κ1) is 16.0. The molecule has 6 heteroatoms. The van der Waals surface area contributed by atoms with Gasteiger partial charge in [0, 0.05) is 32.2 Å². The van der Waals surface area contributed by atoms with Crippen LogP contribution in [-0.4, -0.2) is 54.2 Å². The number of phenols is 2. The average Bonchev–Trinajstić information content (AvgIpc) is 2.44. The van der Waals surface area contributed by atoms with E-state index in [0.717, 1.165) is 0 Å². The molecule has 20 heavy (non-hydrogen) atoms. The van der Waals surface area contributed by atoms with Gasteiger partial charge >= 0.3 is 0 Å². The van der Waals surface area contributed by atoms with Crippen LogP contribution in [0.2, 0.25) is 0 Å². The van der Waals surface area contributed by atoms with E-state index in [1.165, 1.54) is 18.2 Å². The van der Waals surface area contributed by atoms with Gasteiger partial charge in [-0.15, -0.1) is 0 Å². The third kappa shape index (κ3) is 4.88. The summed E-state index contributed by atoms with van der Waals surface area (Å²) in [7, 11) is 1.57. The summed E-state index contributed by atoms with van der Waals surface area (Å²) in [6.07, 6.45) is 0.331. The van der Waals surface area contributed by atoms with E-state index in [2.05, 4.69) is 0 Å². The van der Waals surface area contributed by atoms with E-state index in [1.807, 2.05) is 11.0 Å². The highest BCUT2D eigenvalue weighted by atomic mass is 16.5. The molecule has 0 spiro atoms. The standard InChI is InChI=1S/C14H18N2O4/c1-20-8-7-16(6-2-5-15)10-14(19)11-3-4-12(17)13(18)9-11/h3-4,9,17-18H,2,6-8,10H2,1H3. The van der Waals surface area contributed by atoms with Crippen molar-refractivity contribution in [3.63, 3.8) is 0 Å². The van der Waals surface area contributed by atoms with Crippen LogP contribution in [-0.2, 0) is 4.74 Å². The number of Topliss-reactive ketones (excluding diaryl/α,β-unsaturated/α-hetero) is 1. The van der Waals surface area contributed by atoms with E-state index < -0.39 is 0 Å². The molecule has 0 aliphatic carbocycles. The van der Waals surface area contributed by atoms with Crippen molar-refractivity contribution >= 4 is 5.78 Å². The Morgan fingerprint density at radius 1 is 1.35 bits per heavy atom. The maximum atomic E-state index is 12.1. The van der Waals surface area contributed by atoms with E-state index in [4.69, 9.17) is 10.00 Å². The Hall–Kier alpha value is -2.10. The van der Waals surface area contributed by atoms with Gasteiger partial charge in [0.2, 0.25) is 0 Å². The lowest BCUT2D eigenvalue weighted by Crippen LogP contribution is -2.33. The molecule has 1 aromatic carbocycles. The minimum Gasteiger partial charge on any atom is -0.504 e. The summed E-state index contributed by atoms with van der Waals surface area (Å²) in [6, 6.07) is 6.00. The summed E-state index contributed by atoms with van der Waals surface area (Å²) in [5, 5.41) is 27.2. The van der Waals surface area contributed by atoms with Crippen LogP contribution in [0, 0.1) is 11.3 Å². The second-order valence-corrected chi connectivity index (χ2v) is 4.30. The number of hydrogen-bond acceptors (Lipinski definition) is 6. The van der Waals surface area contributed by atoms with Crippen LogP contribution >= 0.6 is 0 Å². The van der Waals surface area contributed by atoms with Gasteiger partial charge < -0.3 is 14.9 Å². The van der Waals surface area contributed by atoms with Crippen molar-refractivity contribution in [1.82, 2.24) is 4.90 Å². The minimum atomic E-state index is -0.323. The van der Waals surface area contributed by atoms with Crippen molar-refractivity contribution in [2.45, 2.75) is 6.42 Å². The maximum absolute atomic E-state index is 12.1. The van der Waals surface area contributed by atoms with Gasteiger partial charge in [-0.3, -0.25) is 9.69 Å². The van der Waals surface area contributed by atoms with Gasteiger partial charge in [0.05, 0.1) is 19.2 Å². The van der Waals surface area contributed by atoms with E-state index >= 15 is 0 Å². The molecule has 1 aromatic rings. The molecule has 0 radical (unpaired) electrons. The molecule has 0 atom stereocenters. The molecule has 0 saturated carbocycles. The van der Waals surface area contributed by atoms with Crippen LogP contribution in [0.25, 0.3) is 0 Å². The molecule has 1 rings (SSSR count). The number of nitriles is 1. The Bertz CT molecular complexity index is 496. The highest BCUT2D eigenvalue weighted by molar-refractivity contribution is 5.98. The number of phenolic OH excluding ortho intramolecular Hbond substituents is 2. The molecule has 0 fully saturated rings. The van der Waals surface area contributed by atoms with Crippen molar-refractivity contribution in [1.29, 1.82) is 5.26 Å². The predicted octanol–water partition coefficient (Wildman–Crippen LogP) is 1.14. The first-order valence-electron chi connectivity index (χ1n) is 6.22. The lowest BCUT2D eigenvalue weighted by atomic mass is 10.1. The molecular formula is C14H18N2O4. The van der Waals surface area contributed by atoms with Gasteiger partial charge in [0.1, 0.15) is 0 Å². The number of benzene rings is 1. The SMILES string of the molecule is COCCN(CCC#N)CC(=O)c1ccc(O)c(O)c1. The summed E-state index contributed by atoms with van der Waals surface area (Å²) >= 11 is 0. The minimum absolute atomic E-state index is 0.134. The summed E-state index contributed by atoms with van der Waals surface area (Å²) in [4.78, 5) is 13.9. The molecule has 2 N–H and O–H groups in total. The van der Waals surface area contributed by atoms with Crippen molar-refractivity contribution in [3.8, 4) is 17.6 Å². The van der Waals surface area contributed by atoms with E-state index in [-0.39, 0.29) is 23.8 Å². The molecule has 0 aliphatic heterocycles. The van der Waals surface area contributed by atoms with Gasteiger partial charge in [-0.2, -0.15) is 5.26 Å². The van der Waals surface area contributed by atoms with Gasteiger partial charge in [-0.05, 0) is 18.2 Å². The van der Waals surface area contributed by atoms with Crippen molar-refractivity contribution in [2.24, 2.45) is 0 Å². The van der Waals surface area contributed by atoms with Crippen molar-refractivity contribution in [3.05, 3.63) is 23.8 Å². The van der Waals surface area contributed by atoms with E-state index in [9.17, 15) is 15.0 Å². The summed E-state index contributed by atoms with van der Waals surface area (Å²) < 4.78 is 4.97. The number of carbonyl (C=O) groups excluding carboxylic acids is 1. The Morgan fingerprint density at radius 2 is 2.10 bits per heavy atom. The monoisotopic (exact) mass is 278 g/mol. The number of hydrogen-bond donors (Lipinski definition) is 2. The molecule has 0 saturated heterocycles. The largest absolute Gasteiger partial charge is 0.504 e. The highest BCUT2D eigenvalue weighted by Gasteiger charge is 2.13. The van der Waals surface area contributed by atoms with Crippen LogP contribution in [0.15, 0.2) is 18.2 Å². The van der Waals surface area contributed by atoms with Crippen molar-refractivity contribution in [2.75, 3.05) is 33.4 Å². The lowest BCUT2D eigenvalue weighted by Gasteiger charge is -2.19. The van der Waals surface area contributed by atoms with Crippen LogP contribution in [0.4, 0.5) is 0 Å². The molecule has 6 nitrogen and oxygen atoms in total. The fourth-order valence-corrected chi connectivity index (χ4v) is 1.69. The zero-order chi connectivity index (χ0) is 15.0. The van der Waals surface area contributed by atoms with Crippen LogP contribution in [0.5, 0.6) is 11.5 Å². The predicted molar refractivity (Wildman–Crippen MR) is 72.6 cm³/mol. The molecule has 0 aromatic heterocycles. The topological polar surface area (TPSA) is 93.8 Å². The number of aromatic hydroxyl groups is 2. The number of rotatable bonds is 8. The van der Waals surface area contributed by atoms with Crippen LogP contribution < -0.4 is 0 Å². The lowest BCUT2D eigenvalue weighted by molar-refractivity contribution is 0.0898. The number of ketones is 1. The Kier molecular flexibility index (Phi) is 6.50. The highest BCUT2D eigenvalue weighted by Crippen LogP contribution is 2.25.